The Balaban J connectivity index is 1.66. The van der Waals surface area contributed by atoms with Gasteiger partial charge in [-0.3, -0.25) is 0 Å². The van der Waals surface area contributed by atoms with Crippen LogP contribution < -0.4 is 11.5 Å². The monoisotopic (exact) mass is 326 g/mol. The van der Waals surface area contributed by atoms with E-state index in [4.69, 9.17) is 11.5 Å². The van der Waals surface area contributed by atoms with Crippen LogP contribution in [0.15, 0.2) is 30.3 Å². The quantitative estimate of drug-likeness (QED) is 0.367. The van der Waals surface area contributed by atoms with Gasteiger partial charge in [0.05, 0.1) is 0 Å². The normalized spacial score (nSPS) is 11.2. The SMILES string of the molecule is CCCCCCCCCCCCc1cc2ccc(N)cc2cc1N. The molecule has 0 atom stereocenters. The maximum Gasteiger partial charge on any atom is 0.0353 e. The third-order valence-corrected chi connectivity index (χ3v) is 4.92. The summed E-state index contributed by atoms with van der Waals surface area (Å²) in [5, 5.41) is 2.37. The second-order valence-electron chi connectivity index (χ2n) is 7.09. The molecule has 0 saturated heterocycles. The van der Waals surface area contributed by atoms with Crippen molar-refractivity contribution < 1.29 is 0 Å². The zero-order chi connectivity index (χ0) is 17.2. The van der Waals surface area contributed by atoms with Crippen LogP contribution >= 0.6 is 0 Å². The predicted octanol–water partition coefficient (Wildman–Crippen LogP) is 6.47. The largest absolute Gasteiger partial charge is 0.399 e. The summed E-state index contributed by atoms with van der Waals surface area (Å²) in [4.78, 5) is 0. The maximum absolute atomic E-state index is 6.22. The number of hydrogen-bond acceptors (Lipinski definition) is 2. The van der Waals surface area contributed by atoms with Crippen LogP contribution in [-0.4, -0.2) is 0 Å². The summed E-state index contributed by atoms with van der Waals surface area (Å²) in [6.07, 6.45) is 14.8. The molecule has 0 aromatic heterocycles. The van der Waals surface area contributed by atoms with Gasteiger partial charge in [-0.05, 0) is 53.4 Å². The first-order chi connectivity index (χ1) is 11.7. The number of nitrogens with two attached hydrogens (primary N) is 2. The fourth-order valence-corrected chi connectivity index (χ4v) is 3.40. The molecule has 0 bridgehead atoms. The molecular formula is C22H34N2. The predicted molar refractivity (Wildman–Crippen MR) is 108 cm³/mol. The molecule has 0 fully saturated rings. The fourth-order valence-electron chi connectivity index (χ4n) is 3.40. The average molecular weight is 327 g/mol. The number of unbranched alkanes of at least 4 members (excludes halogenated alkanes) is 9. The number of anilines is 2. The Morgan fingerprint density at radius 1 is 0.667 bits per heavy atom. The van der Waals surface area contributed by atoms with Crippen LogP contribution in [0, 0.1) is 0 Å². The Morgan fingerprint density at radius 2 is 1.29 bits per heavy atom. The molecule has 0 heterocycles. The van der Waals surface area contributed by atoms with E-state index in [-0.39, 0.29) is 0 Å². The van der Waals surface area contributed by atoms with Gasteiger partial charge in [0.2, 0.25) is 0 Å². The zero-order valence-electron chi connectivity index (χ0n) is 15.3. The lowest BCUT2D eigenvalue weighted by Crippen LogP contribution is -1.96. The van der Waals surface area contributed by atoms with Gasteiger partial charge in [0.15, 0.2) is 0 Å². The van der Waals surface area contributed by atoms with Crippen molar-refractivity contribution in [3.63, 3.8) is 0 Å². The molecule has 2 heteroatoms. The molecule has 0 amide bonds. The van der Waals surface area contributed by atoms with Crippen LogP contribution in [0.3, 0.4) is 0 Å². The molecule has 2 nitrogen and oxygen atoms in total. The standard InChI is InChI=1S/C22H34N2/c1-2-3-4-5-6-7-8-9-10-11-12-19-15-18-13-14-21(23)16-20(18)17-22(19)24/h13-17H,2-12,23-24H2,1H3. The summed E-state index contributed by atoms with van der Waals surface area (Å²) in [6, 6.07) is 10.3. The van der Waals surface area contributed by atoms with Crippen LogP contribution in [0.25, 0.3) is 10.8 Å². The first-order valence-corrected chi connectivity index (χ1v) is 9.78. The zero-order valence-corrected chi connectivity index (χ0v) is 15.3. The van der Waals surface area contributed by atoms with Gasteiger partial charge in [-0.2, -0.15) is 0 Å². The van der Waals surface area contributed by atoms with E-state index in [1.165, 1.54) is 75.2 Å². The van der Waals surface area contributed by atoms with E-state index in [2.05, 4.69) is 25.1 Å². The number of benzene rings is 2. The minimum absolute atomic E-state index is 0.796. The summed E-state index contributed by atoms with van der Waals surface area (Å²) >= 11 is 0. The van der Waals surface area contributed by atoms with Crippen LogP contribution in [-0.2, 0) is 6.42 Å². The van der Waals surface area contributed by atoms with Gasteiger partial charge in [-0.15, -0.1) is 0 Å². The van der Waals surface area contributed by atoms with E-state index in [1.807, 2.05) is 12.1 Å². The number of hydrogen-bond donors (Lipinski definition) is 2. The molecule has 24 heavy (non-hydrogen) atoms. The molecule has 2 aromatic rings. The molecule has 0 spiro atoms. The molecule has 2 aromatic carbocycles. The van der Waals surface area contributed by atoms with Crippen LogP contribution in [0.1, 0.15) is 76.7 Å². The van der Waals surface area contributed by atoms with E-state index < -0.39 is 0 Å². The first kappa shape index (κ1) is 18.6. The average Bonchev–Trinajstić information content (AvgIpc) is 2.57. The third kappa shape index (κ3) is 6.07. The number of aryl methyl sites for hydroxylation is 1. The van der Waals surface area contributed by atoms with E-state index in [9.17, 15) is 0 Å². The topological polar surface area (TPSA) is 52.0 Å². The van der Waals surface area contributed by atoms with E-state index >= 15 is 0 Å². The van der Waals surface area contributed by atoms with Crippen molar-refractivity contribution in [2.75, 3.05) is 11.5 Å². The summed E-state index contributed by atoms with van der Waals surface area (Å²) in [5.41, 5.74) is 15.0. The Kier molecular flexibility index (Phi) is 7.94. The summed E-state index contributed by atoms with van der Waals surface area (Å²) in [5.74, 6) is 0. The molecule has 4 N–H and O–H groups in total. The molecular weight excluding hydrogens is 292 g/mol. The Hall–Kier alpha value is -1.70. The lowest BCUT2D eigenvalue weighted by Gasteiger charge is -2.09. The Labute approximate surface area is 147 Å². The highest BCUT2D eigenvalue weighted by Crippen LogP contribution is 2.25. The van der Waals surface area contributed by atoms with Gasteiger partial charge in [-0.25, -0.2) is 0 Å². The molecule has 0 radical (unpaired) electrons. The number of fused-ring (bicyclic) bond motifs is 1. The molecule has 0 aliphatic rings. The van der Waals surface area contributed by atoms with Gasteiger partial charge in [0.25, 0.3) is 0 Å². The number of rotatable bonds is 11. The minimum Gasteiger partial charge on any atom is -0.399 e. The molecule has 0 aliphatic carbocycles. The molecule has 2 rings (SSSR count). The minimum atomic E-state index is 0.796. The van der Waals surface area contributed by atoms with E-state index in [0.29, 0.717) is 0 Å². The van der Waals surface area contributed by atoms with Crippen LogP contribution in [0.2, 0.25) is 0 Å². The van der Waals surface area contributed by atoms with Gasteiger partial charge < -0.3 is 11.5 Å². The molecule has 0 aliphatic heterocycles. The number of nitrogen functional groups attached to an aromatic ring is 2. The van der Waals surface area contributed by atoms with Crippen LogP contribution in [0.5, 0.6) is 0 Å². The molecule has 132 valence electrons. The first-order valence-electron chi connectivity index (χ1n) is 9.78. The van der Waals surface area contributed by atoms with Gasteiger partial charge in [-0.1, -0.05) is 70.8 Å². The highest BCUT2D eigenvalue weighted by molar-refractivity contribution is 5.89. The van der Waals surface area contributed by atoms with Crippen molar-refractivity contribution in [1.82, 2.24) is 0 Å². The Morgan fingerprint density at radius 3 is 1.96 bits per heavy atom. The van der Waals surface area contributed by atoms with Crippen LogP contribution in [0.4, 0.5) is 11.4 Å². The lowest BCUT2D eigenvalue weighted by molar-refractivity contribution is 0.556. The van der Waals surface area contributed by atoms with Gasteiger partial charge in [0, 0.05) is 11.4 Å². The third-order valence-electron chi connectivity index (χ3n) is 4.92. The van der Waals surface area contributed by atoms with Crippen molar-refractivity contribution in [1.29, 1.82) is 0 Å². The second kappa shape index (κ2) is 10.2. The van der Waals surface area contributed by atoms with Crippen molar-refractivity contribution in [3.05, 3.63) is 35.9 Å². The Bertz CT molecular complexity index is 619. The molecule has 0 unspecified atom stereocenters. The van der Waals surface area contributed by atoms with Gasteiger partial charge in [0.1, 0.15) is 0 Å². The lowest BCUT2D eigenvalue weighted by atomic mass is 9.99. The van der Waals surface area contributed by atoms with Crippen molar-refractivity contribution in [3.8, 4) is 0 Å². The highest BCUT2D eigenvalue weighted by Gasteiger charge is 2.03. The smallest absolute Gasteiger partial charge is 0.0353 e. The maximum atomic E-state index is 6.22. The molecule has 0 saturated carbocycles. The van der Waals surface area contributed by atoms with Crippen molar-refractivity contribution >= 4 is 22.1 Å². The summed E-state index contributed by atoms with van der Waals surface area (Å²) < 4.78 is 0. The van der Waals surface area contributed by atoms with Gasteiger partial charge >= 0.3 is 0 Å². The van der Waals surface area contributed by atoms with Crippen molar-refractivity contribution in [2.24, 2.45) is 0 Å². The van der Waals surface area contributed by atoms with E-state index in [0.717, 1.165) is 23.2 Å². The summed E-state index contributed by atoms with van der Waals surface area (Å²) in [6.45, 7) is 2.28. The summed E-state index contributed by atoms with van der Waals surface area (Å²) in [7, 11) is 0. The van der Waals surface area contributed by atoms with E-state index in [1.54, 1.807) is 0 Å². The fraction of sp³-hybridized carbons (Fsp3) is 0.545. The second-order valence-corrected chi connectivity index (χ2v) is 7.09. The van der Waals surface area contributed by atoms with Crippen molar-refractivity contribution in [2.45, 2.75) is 77.6 Å². The highest BCUT2D eigenvalue weighted by atomic mass is 14.6.